The fourth-order valence-corrected chi connectivity index (χ4v) is 3.45. The van der Waals surface area contributed by atoms with E-state index in [0.717, 1.165) is 25.1 Å². The molecule has 1 aliphatic heterocycles. The van der Waals surface area contributed by atoms with E-state index in [1.165, 1.54) is 24.0 Å². The van der Waals surface area contributed by atoms with Crippen LogP contribution >= 0.6 is 0 Å². The van der Waals surface area contributed by atoms with E-state index in [1.54, 1.807) is 0 Å². The topological polar surface area (TPSA) is 29.5 Å². The van der Waals surface area contributed by atoms with Crippen molar-refractivity contribution < 1.29 is 9.53 Å². The average molecular weight is 273 g/mol. The number of hydrogen-bond acceptors (Lipinski definition) is 3. The zero-order valence-corrected chi connectivity index (χ0v) is 12.4. The first kappa shape index (κ1) is 13.8. The second kappa shape index (κ2) is 5.66. The Morgan fingerprint density at radius 1 is 1.20 bits per heavy atom. The van der Waals surface area contributed by atoms with Crippen LogP contribution in [0.2, 0.25) is 0 Å². The van der Waals surface area contributed by atoms with E-state index in [1.807, 2.05) is 6.07 Å². The number of ketones is 1. The quantitative estimate of drug-likeness (QED) is 0.792. The Kier molecular flexibility index (Phi) is 3.90. The van der Waals surface area contributed by atoms with Crippen LogP contribution in [0.4, 0.5) is 0 Å². The molecule has 1 aliphatic carbocycles. The molecule has 0 aromatic heterocycles. The van der Waals surface area contributed by atoms with Crippen molar-refractivity contribution in [1.29, 1.82) is 0 Å². The number of Topliss-reactive ketones (excluding diaryl/α,β-unsaturated/α-hetero) is 1. The molecule has 0 N–H and O–H groups in total. The minimum Gasteiger partial charge on any atom is -0.373 e. The number of carbonyl (C=O) groups is 1. The van der Waals surface area contributed by atoms with E-state index in [9.17, 15) is 4.79 Å². The van der Waals surface area contributed by atoms with Crippen molar-refractivity contribution in [2.24, 2.45) is 0 Å². The predicted octanol–water partition coefficient (Wildman–Crippen LogP) is 2.47. The molecule has 3 heteroatoms. The van der Waals surface area contributed by atoms with Crippen LogP contribution in [0.25, 0.3) is 0 Å². The van der Waals surface area contributed by atoms with Crippen LogP contribution in [0.5, 0.6) is 0 Å². The van der Waals surface area contributed by atoms with Gasteiger partial charge in [0.05, 0.1) is 18.8 Å². The van der Waals surface area contributed by atoms with E-state index < -0.39 is 0 Å². The lowest BCUT2D eigenvalue weighted by atomic mass is 10.0. The third-order valence-corrected chi connectivity index (χ3v) is 4.28. The van der Waals surface area contributed by atoms with Crippen molar-refractivity contribution in [3.8, 4) is 0 Å². The number of morpholine rings is 1. The molecule has 0 spiro atoms. The minimum atomic E-state index is 0.214. The highest BCUT2D eigenvalue weighted by atomic mass is 16.5. The van der Waals surface area contributed by atoms with Gasteiger partial charge in [-0.25, -0.2) is 0 Å². The summed E-state index contributed by atoms with van der Waals surface area (Å²) in [5.74, 6) is 0.237. The maximum absolute atomic E-state index is 12.4. The normalized spacial score (nSPS) is 26.5. The summed E-state index contributed by atoms with van der Waals surface area (Å²) in [6.45, 7) is 6.35. The molecule has 1 heterocycles. The summed E-state index contributed by atoms with van der Waals surface area (Å²) in [6.07, 6.45) is 3.95. The summed E-state index contributed by atoms with van der Waals surface area (Å²) < 4.78 is 5.71. The second-order valence-electron chi connectivity index (χ2n) is 6.21. The summed E-state index contributed by atoms with van der Waals surface area (Å²) >= 11 is 0. The van der Waals surface area contributed by atoms with Gasteiger partial charge in [0.15, 0.2) is 5.78 Å². The molecule has 0 bridgehead atoms. The molecule has 108 valence electrons. The van der Waals surface area contributed by atoms with Gasteiger partial charge < -0.3 is 4.74 Å². The Bertz CT molecular complexity index is 502. The van der Waals surface area contributed by atoms with Crippen molar-refractivity contribution in [1.82, 2.24) is 4.90 Å². The van der Waals surface area contributed by atoms with Gasteiger partial charge in [-0.05, 0) is 50.3 Å². The molecular weight excluding hydrogens is 250 g/mol. The first-order valence-electron chi connectivity index (χ1n) is 7.64. The van der Waals surface area contributed by atoms with Gasteiger partial charge in [-0.15, -0.1) is 0 Å². The third kappa shape index (κ3) is 2.94. The number of hydrogen-bond donors (Lipinski definition) is 0. The molecule has 0 radical (unpaired) electrons. The van der Waals surface area contributed by atoms with Crippen LogP contribution in [0.3, 0.4) is 0 Å². The van der Waals surface area contributed by atoms with E-state index in [-0.39, 0.29) is 18.0 Å². The molecule has 1 aromatic rings. The highest BCUT2D eigenvalue weighted by molar-refractivity contribution is 5.97. The largest absolute Gasteiger partial charge is 0.373 e. The highest BCUT2D eigenvalue weighted by Crippen LogP contribution is 2.23. The first-order valence-corrected chi connectivity index (χ1v) is 7.64. The number of nitrogens with zero attached hydrogens (tertiary/aromatic N) is 1. The SMILES string of the molecule is CC1CN(CC(=O)c2ccc3c(c2)CCC3)CC(C)O1. The molecule has 1 aromatic carbocycles. The predicted molar refractivity (Wildman–Crippen MR) is 79.2 cm³/mol. The van der Waals surface area contributed by atoms with Crippen LogP contribution in [-0.4, -0.2) is 42.5 Å². The summed E-state index contributed by atoms with van der Waals surface area (Å²) in [7, 11) is 0. The lowest BCUT2D eigenvalue weighted by Crippen LogP contribution is -2.47. The fourth-order valence-electron chi connectivity index (χ4n) is 3.45. The Morgan fingerprint density at radius 2 is 1.90 bits per heavy atom. The number of benzene rings is 1. The second-order valence-corrected chi connectivity index (χ2v) is 6.21. The molecule has 2 aliphatic rings. The van der Waals surface area contributed by atoms with Crippen LogP contribution < -0.4 is 0 Å². The average Bonchev–Trinajstić information content (AvgIpc) is 2.84. The molecule has 1 fully saturated rings. The van der Waals surface area contributed by atoms with E-state index in [2.05, 4.69) is 30.9 Å². The van der Waals surface area contributed by atoms with E-state index in [4.69, 9.17) is 4.74 Å². The number of fused-ring (bicyclic) bond motifs is 1. The van der Waals surface area contributed by atoms with Gasteiger partial charge in [0.1, 0.15) is 0 Å². The smallest absolute Gasteiger partial charge is 0.176 e. The van der Waals surface area contributed by atoms with Crippen molar-refractivity contribution in [3.63, 3.8) is 0 Å². The van der Waals surface area contributed by atoms with Gasteiger partial charge in [0, 0.05) is 18.7 Å². The lowest BCUT2D eigenvalue weighted by molar-refractivity contribution is -0.0652. The van der Waals surface area contributed by atoms with Crippen LogP contribution in [-0.2, 0) is 17.6 Å². The van der Waals surface area contributed by atoms with Crippen LogP contribution in [0.15, 0.2) is 18.2 Å². The number of rotatable bonds is 3. The maximum atomic E-state index is 12.4. The number of carbonyl (C=O) groups excluding carboxylic acids is 1. The minimum absolute atomic E-state index is 0.214. The van der Waals surface area contributed by atoms with Gasteiger partial charge in [-0.2, -0.15) is 0 Å². The van der Waals surface area contributed by atoms with Crippen LogP contribution in [0.1, 0.15) is 41.8 Å². The van der Waals surface area contributed by atoms with Crippen LogP contribution in [0, 0.1) is 0 Å². The van der Waals surface area contributed by atoms with E-state index in [0.29, 0.717) is 6.54 Å². The molecule has 0 amide bonds. The van der Waals surface area contributed by atoms with Crippen molar-refractivity contribution >= 4 is 5.78 Å². The standard InChI is InChI=1S/C17H23NO2/c1-12-9-18(10-13(2)20-12)11-17(19)16-7-6-14-4-3-5-15(14)8-16/h6-8,12-13H,3-5,9-11H2,1-2H3. The molecule has 2 unspecified atom stereocenters. The monoisotopic (exact) mass is 273 g/mol. The Labute approximate surface area is 120 Å². The van der Waals surface area contributed by atoms with Gasteiger partial charge in [-0.3, -0.25) is 9.69 Å². The Hall–Kier alpha value is -1.19. The molecule has 0 saturated carbocycles. The number of ether oxygens (including phenoxy) is 1. The fraction of sp³-hybridized carbons (Fsp3) is 0.588. The summed E-state index contributed by atoms with van der Waals surface area (Å²) in [4.78, 5) is 14.7. The Balaban J connectivity index is 1.67. The van der Waals surface area contributed by atoms with Gasteiger partial charge in [-0.1, -0.05) is 12.1 Å². The highest BCUT2D eigenvalue weighted by Gasteiger charge is 2.24. The molecule has 2 atom stereocenters. The summed E-state index contributed by atoms with van der Waals surface area (Å²) in [5, 5.41) is 0. The first-order chi connectivity index (χ1) is 9.61. The van der Waals surface area contributed by atoms with E-state index >= 15 is 0 Å². The van der Waals surface area contributed by atoms with Gasteiger partial charge in [0.2, 0.25) is 0 Å². The lowest BCUT2D eigenvalue weighted by Gasteiger charge is -2.34. The van der Waals surface area contributed by atoms with Crippen molar-refractivity contribution in [2.75, 3.05) is 19.6 Å². The van der Waals surface area contributed by atoms with Crippen molar-refractivity contribution in [3.05, 3.63) is 34.9 Å². The zero-order chi connectivity index (χ0) is 14.1. The molecule has 1 saturated heterocycles. The van der Waals surface area contributed by atoms with Gasteiger partial charge >= 0.3 is 0 Å². The molecular formula is C17H23NO2. The zero-order valence-electron chi connectivity index (χ0n) is 12.4. The van der Waals surface area contributed by atoms with Gasteiger partial charge in [0.25, 0.3) is 0 Å². The summed E-state index contributed by atoms with van der Waals surface area (Å²) in [5.41, 5.74) is 3.67. The Morgan fingerprint density at radius 3 is 2.65 bits per heavy atom. The molecule has 3 rings (SSSR count). The summed E-state index contributed by atoms with van der Waals surface area (Å²) in [6, 6.07) is 6.25. The third-order valence-electron chi connectivity index (χ3n) is 4.28. The molecule has 20 heavy (non-hydrogen) atoms. The van der Waals surface area contributed by atoms with Crippen molar-refractivity contribution in [2.45, 2.75) is 45.3 Å². The number of aryl methyl sites for hydroxylation is 2. The molecule has 3 nitrogen and oxygen atoms in total. The maximum Gasteiger partial charge on any atom is 0.176 e.